The Morgan fingerprint density at radius 1 is 1.13 bits per heavy atom. The second-order valence-electron chi connectivity index (χ2n) is 6.50. The largest absolute Gasteiger partial charge is 0.496 e. The number of benzene rings is 2. The van der Waals surface area contributed by atoms with Gasteiger partial charge < -0.3 is 14.8 Å². The maximum absolute atomic E-state index is 12.4. The van der Waals surface area contributed by atoms with E-state index in [0.29, 0.717) is 28.0 Å². The number of nitrogens with one attached hydrogen (secondary N) is 2. The molecule has 0 aliphatic rings. The predicted molar refractivity (Wildman–Crippen MR) is 115 cm³/mol. The molecule has 1 amide bonds. The van der Waals surface area contributed by atoms with E-state index in [1.807, 2.05) is 24.3 Å². The molecule has 9 heteroatoms. The summed E-state index contributed by atoms with van der Waals surface area (Å²) in [5.74, 6) is 0.541. The molecular formula is C21H22N4O4S. The molecule has 0 aliphatic heterocycles. The van der Waals surface area contributed by atoms with Crippen molar-refractivity contribution in [3.05, 3.63) is 54.1 Å². The van der Waals surface area contributed by atoms with Crippen LogP contribution in [0.1, 0.15) is 24.2 Å². The van der Waals surface area contributed by atoms with Crippen molar-refractivity contribution in [3.8, 4) is 17.1 Å². The van der Waals surface area contributed by atoms with Crippen LogP contribution in [0.2, 0.25) is 0 Å². The molecule has 8 nitrogen and oxygen atoms in total. The third kappa shape index (κ3) is 5.38. The molecule has 30 heavy (non-hydrogen) atoms. The Morgan fingerprint density at radius 2 is 1.87 bits per heavy atom. The molecule has 0 saturated carbocycles. The summed E-state index contributed by atoms with van der Waals surface area (Å²) in [6.45, 7) is 3.54. The highest BCUT2D eigenvalue weighted by molar-refractivity contribution is 7.99. The molecule has 0 spiro atoms. The number of hydrogen-bond donors (Lipinski definition) is 2. The Morgan fingerprint density at radius 3 is 2.63 bits per heavy atom. The number of aromatic amines is 1. The number of aromatic nitrogens is 3. The molecule has 3 rings (SSSR count). The highest BCUT2D eigenvalue weighted by Crippen LogP contribution is 2.28. The van der Waals surface area contributed by atoms with Crippen molar-refractivity contribution in [2.24, 2.45) is 0 Å². The van der Waals surface area contributed by atoms with Crippen LogP contribution >= 0.6 is 11.8 Å². The van der Waals surface area contributed by atoms with Crippen LogP contribution in [0, 0.1) is 0 Å². The lowest BCUT2D eigenvalue weighted by Gasteiger charge is -2.12. The van der Waals surface area contributed by atoms with Crippen molar-refractivity contribution >= 4 is 29.3 Å². The summed E-state index contributed by atoms with van der Waals surface area (Å²) in [6, 6.07) is 14.2. The molecule has 0 unspecified atom stereocenters. The van der Waals surface area contributed by atoms with Crippen LogP contribution in [0.15, 0.2) is 53.7 Å². The number of H-pyrrole nitrogens is 1. The minimum absolute atomic E-state index is 0.0801. The number of carbonyl (C=O) groups is 2. The van der Waals surface area contributed by atoms with Crippen LogP contribution in [-0.2, 0) is 9.53 Å². The van der Waals surface area contributed by atoms with Gasteiger partial charge in [0.15, 0.2) is 5.82 Å². The Balaban J connectivity index is 1.63. The summed E-state index contributed by atoms with van der Waals surface area (Å²) < 4.78 is 10.6. The van der Waals surface area contributed by atoms with E-state index in [9.17, 15) is 9.59 Å². The highest BCUT2D eigenvalue weighted by atomic mass is 32.2. The first-order valence-corrected chi connectivity index (χ1v) is 10.2. The molecule has 1 aromatic heterocycles. The van der Waals surface area contributed by atoms with Gasteiger partial charge in [-0.25, -0.2) is 9.78 Å². The number of amides is 1. The fraction of sp³-hybridized carbons (Fsp3) is 0.238. The maximum atomic E-state index is 12.4. The van der Waals surface area contributed by atoms with Crippen molar-refractivity contribution in [3.63, 3.8) is 0 Å². The van der Waals surface area contributed by atoms with Gasteiger partial charge in [-0.2, -0.15) is 0 Å². The number of methoxy groups -OCH3 is 1. The summed E-state index contributed by atoms with van der Waals surface area (Å²) >= 11 is 1.18. The first-order valence-electron chi connectivity index (χ1n) is 9.26. The van der Waals surface area contributed by atoms with Gasteiger partial charge in [0, 0.05) is 0 Å². The number of carbonyl (C=O) groups excluding carboxylic acids is 2. The second kappa shape index (κ2) is 9.93. The van der Waals surface area contributed by atoms with Gasteiger partial charge in [0.05, 0.1) is 35.8 Å². The van der Waals surface area contributed by atoms with Crippen LogP contribution in [0.25, 0.3) is 11.4 Å². The summed E-state index contributed by atoms with van der Waals surface area (Å²) in [5, 5.41) is 10.2. The van der Waals surface area contributed by atoms with Crippen molar-refractivity contribution in [1.29, 1.82) is 0 Å². The molecule has 2 aromatic carbocycles. The molecule has 3 aromatic rings. The molecule has 0 saturated heterocycles. The molecule has 2 N–H and O–H groups in total. The number of hydrogen-bond acceptors (Lipinski definition) is 7. The second-order valence-corrected chi connectivity index (χ2v) is 7.45. The molecule has 0 fully saturated rings. The quantitative estimate of drug-likeness (QED) is 0.417. The number of rotatable bonds is 8. The molecule has 0 atom stereocenters. The Bertz CT molecular complexity index is 1040. The van der Waals surface area contributed by atoms with E-state index in [1.165, 1.54) is 11.8 Å². The summed E-state index contributed by atoms with van der Waals surface area (Å²) in [6.07, 6.45) is -0.250. The fourth-order valence-corrected chi connectivity index (χ4v) is 3.23. The first-order chi connectivity index (χ1) is 14.5. The van der Waals surface area contributed by atoms with E-state index in [0.717, 1.165) is 5.56 Å². The van der Waals surface area contributed by atoms with Crippen molar-refractivity contribution < 1.29 is 19.1 Å². The number of ether oxygens (including phenoxy) is 2. The third-order valence-corrected chi connectivity index (χ3v) is 4.77. The standard InChI is InChI=1S/C21H22N4O4S/c1-13(2)29-20(27)14-8-4-6-10-16(14)22-18(26)12-30-21-23-19(24-25-21)15-9-5-7-11-17(15)28-3/h4-11,13H,12H2,1-3H3,(H,22,26)(H,23,24,25). The zero-order valence-electron chi connectivity index (χ0n) is 16.8. The van der Waals surface area contributed by atoms with Crippen LogP contribution in [0.5, 0.6) is 5.75 Å². The van der Waals surface area contributed by atoms with Gasteiger partial charge in [-0.3, -0.25) is 9.89 Å². The molecule has 0 radical (unpaired) electrons. The molecule has 0 bridgehead atoms. The Hall–Kier alpha value is -3.33. The van der Waals surface area contributed by atoms with Crippen LogP contribution in [0.4, 0.5) is 5.69 Å². The van der Waals surface area contributed by atoms with Crippen LogP contribution in [-0.4, -0.2) is 46.0 Å². The normalized spacial score (nSPS) is 10.7. The van der Waals surface area contributed by atoms with Gasteiger partial charge >= 0.3 is 5.97 Å². The van der Waals surface area contributed by atoms with E-state index in [1.54, 1.807) is 45.2 Å². The number of thioether (sulfide) groups is 1. The van der Waals surface area contributed by atoms with Crippen molar-refractivity contribution in [2.75, 3.05) is 18.2 Å². The molecular weight excluding hydrogens is 404 g/mol. The molecule has 156 valence electrons. The maximum Gasteiger partial charge on any atom is 0.340 e. The minimum Gasteiger partial charge on any atom is -0.496 e. The van der Waals surface area contributed by atoms with Crippen LogP contribution in [0.3, 0.4) is 0 Å². The van der Waals surface area contributed by atoms with Gasteiger partial charge in [-0.05, 0) is 38.1 Å². The van der Waals surface area contributed by atoms with E-state index < -0.39 is 5.97 Å². The summed E-state index contributed by atoms with van der Waals surface area (Å²) in [4.78, 5) is 29.0. The number of anilines is 1. The fourth-order valence-electron chi connectivity index (χ4n) is 2.64. The lowest BCUT2D eigenvalue weighted by atomic mass is 10.2. The molecule has 0 aliphatic carbocycles. The van der Waals surface area contributed by atoms with E-state index in [4.69, 9.17) is 9.47 Å². The van der Waals surface area contributed by atoms with E-state index in [2.05, 4.69) is 20.5 Å². The summed E-state index contributed by atoms with van der Waals surface area (Å²) in [5.41, 5.74) is 1.49. The minimum atomic E-state index is -0.482. The van der Waals surface area contributed by atoms with Gasteiger partial charge in [0.1, 0.15) is 5.75 Å². The predicted octanol–water partition coefficient (Wildman–Crippen LogP) is 3.78. The number of para-hydroxylation sites is 2. The average Bonchev–Trinajstić information content (AvgIpc) is 3.21. The zero-order chi connectivity index (χ0) is 21.5. The highest BCUT2D eigenvalue weighted by Gasteiger charge is 2.16. The summed E-state index contributed by atoms with van der Waals surface area (Å²) in [7, 11) is 1.59. The third-order valence-electron chi connectivity index (χ3n) is 3.92. The number of nitrogens with zero attached hydrogens (tertiary/aromatic N) is 2. The van der Waals surface area contributed by atoms with Gasteiger partial charge in [0.25, 0.3) is 0 Å². The van der Waals surface area contributed by atoms with Crippen molar-refractivity contribution in [2.45, 2.75) is 25.1 Å². The monoisotopic (exact) mass is 426 g/mol. The topological polar surface area (TPSA) is 106 Å². The Labute approximate surface area is 178 Å². The number of esters is 1. The van der Waals surface area contributed by atoms with E-state index >= 15 is 0 Å². The SMILES string of the molecule is COc1ccccc1-c1nc(SCC(=O)Nc2ccccc2C(=O)OC(C)C)n[nH]1. The van der Waals surface area contributed by atoms with Gasteiger partial charge in [-0.15, -0.1) is 5.10 Å². The molecule has 1 heterocycles. The lowest BCUT2D eigenvalue weighted by molar-refractivity contribution is -0.113. The van der Waals surface area contributed by atoms with Gasteiger partial charge in [-0.1, -0.05) is 36.0 Å². The van der Waals surface area contributed by atoms with Crippen LogP contribution < -0.4 is 10.1 Å². The smallest absolute Gasteiger partial charge is 0.340 e. The van der Waals surface area contributed by atoms with Gasteiger partial charge in [0.2, 0.25) is 11.1 Å². The average molecular weight is 426 g/mol. The Kier molecular flexibility index (Phi) is 7.08. The van der Waals surface area contributed by atoms with Crippen molar-refractivity contribution in [1.82, 2.24) is 15.2 Å². The first kappa shape index (κ1) is 21.4. The lowest BCUT2D eigenvalue weighted by Crippen LogP contribution is -2.18. The van der Waals surface area contributed by atoms with E-state index in [-0.39, 0.29) is 17.8 Å². The zero-order valence-corrected chi connectivity index (χ0v) is 17.7.